The summed E-state index contributed by atoms with van der Waals surface area (Å²) in [7, 11) is 2.22. The first kappa shape index (κ1) is 15.3. The Bertz CT molecular complexity index is 173. The highest BCUT2D eigenvalue weighted by Crippen LogP contribution is 2.26. The summed E-state index contributed by atoms with van der Waals surface area (Å²) in [6, 6.07) is 0.635. The van der Waals surface area contributed by atoms with Gasteiger partial charge in [0.25, 0.3) is 0 Å². The maximum Gasteiger partial charge on any atom is 0.0326 e. The van der Waals surface area contributed by atoms with E-state index in [1.165, 1.54) is 12.2 Å². The molecular formula is C12H28N2S. The van der Waals surface area contributed by atoms with Crippen molar-refractivity contribution >= 4 is 11.8 Å². The van der Waals surface area contributed by atoms with Crippen LogP contribution in [0.4, 0.5) is 0 Å². The second-order valence-electron chi connectivity index (χ2n) is 4.84. The van der Waals surface area contributed by atoms with Gasteiger partial charge in [-0.15, -0.1) is 0 Å². The van der Waals surface area contributed by atoms with Crippen LogP contribution in [0, 0.1) is 5.92 Å². The number of thioether (sulfide) groups is 1. The number of hydrogen-bond acceptors (Lipinski definition) is 3. The first-order chi connectivity index (χ1) is 6.93. The average molecular weight is 232 g/mol. The van der Waals surface area contributed by atoms with Crippen LogP contribution in [-0.4, -0.2) is 42.1 Å². The van der Waals surface area contributed by atoms with Gasteiger partial charge in [-0.1, -0.05) is 20.8 Å². The number of nitrogens with zero attached hydrogens (tertiary/aromatic N) is 1. The smallest absolute Gasteiger partial charge is 0.0326 e. The maximum atomic E-state index is 5.95. The predicted molar refractivity (Wildman–Crippen MR) is 72.5 cm³/mol. The van der Waals surface area contributed by atoms with E-state index in [-0.39, 0.29) is 5.54 Å². The molecule has 0 bridgehead atoms. The third kappa shape index (κ3) is 3.65. The molecule has 2 unspecified atom stereocenters. The lowest BCUT2D eigenvalue weighted by molar-refractivity contribution is 0.0596. The van der Waals surface area contributed by atoms with Crippen molar-refractivity contribution in [2.75, 3.05) is 25.6 Å². The molecule has 0 aromatic rings. The zero-order valence-electron chi connectivity index (χ0n) is 11.2. The topological polar surface area (TPSA) is 29.3 Å². The second-order valence-corrected chi connectivity index (χ2v) is 5.75. The molecule has 0 aliphatic rings. The third-order valence-corrected chi connectivity index (χ3v) is 4.56. The van der Waals surface area contributed by atoms with Crippen molar-refractivity contribution < 1.29 is 0 Å². The fraction of sp³-hybridized carbons (Fsp3) is 1.00. The molecule has 3 heteroatoms. The first-order valence-electron chi connectivity index (χ1n) is 5.85. The molecule has 0 saturated carbocycles. The quantitative estimate of drug-likeness (QED) is 0.731. The summed E-state index contributed by atoms with van der Waals surface area (Å²) in [4.78, 5) is 2.48. The van der Waals surface area contributed by atoms with E-state index in [0.29, 0.717) is 12.0 Å². The van der Waals surface area contributed by atoms with Crippen LogP contribution in [0.15, 0.2) is 0 Å². The molecule has 2 N–H and O–H groups in total. The van der Waals surface area contributed by atoms with E-state index in [0.717, 1.165) is 6.54 Å². The number of nitrogens with two attached hydrogens (primary N) is 1. The lowest BCUT2D eigenvalue weighted by Gasteiger charge is -2.45. The minimum Gasteiger partial charge on any atom is -0.329 e. The Labute approximate surface area is 100.0 Å². The van der Waals surface area contributed by atoms with E-state index < -0.39 is 0 Å². The fourth-order valence-corrected chi connectivity index (χ4v) is 2.74. The summed E-state index contributed by atoms with van der Waals surface area (Å²) in [5.41, 5.74) is 6.07. The van der Waals surface area contributed by atoms with Gasteiger partial charge in [-0.3, -0.25) is 4.90 Å². The van der Waals surface area contributed by atoms with Gasteiger partial charge in [-0.25, -0.2) is 0 Å². The van der Waals surface area contributed by atoms with Crippen LogP contribution < -0.4 is 5.73 Å². The van der Waals surface area contributed by atoms with Crippen LogP contribution in [0.5, 0.6) is 0 Å². The summed E-state index contributed by atoms with van der Waals surface area (Å²) in [6.07, 6.45) is 3.37. The molecule has 0 aromatic carbocycles. The Balaban J connectivity index is 4.67. The molecule has 2 nitrogen and oxygen atoms in total. The summed E-state index contributed by atoms with van der Waals surface area (Å²) >= 11 is 1.92. The zero-order chi connectivity index (χ0) is 12.1. The fourth-order valence-electron chi connectivity index (χ4n) is 1.90. The molecule has 0 saturated heterocycles. The van der Waals surface area contributed by atoms with E-state index in [1.54, 1.807) is 0 Å². The number of likely N-dealkylation sites (N-methyl/N-ethyl adjacent to an activating group) is 1. The molecule has 2 atom stereocenters. The van der Waals surface area contributed by atoms with Crippen molar-refractivity contribution in [2.45, 2.75) is 45.7 Å². The summed E-state index contributed by atoms with van der Waals surface area (Å²) in [5, 5.41) is 0. The van der Waals surface area contributed by atoms with Crippen molar-refractivity contribution in [3.63, 3.8) is 0 Å². The molecule has 0 spiro atoms. The third-order valence-electron chi connectivity index (χ3n) is 3.84. The maximum absolute atomic E-state index is 5.95. The van der Waals surface area contributed by atoms with Crippen molar-refractivity contribution in [3.05, 3.63) is 0 Å². The van der Waals surface area contributed by atoms with Crippen molar-refractivity contribution in [3.8, 4) is 0 Å². The normalized spacial score (nSPS) is 18.2. The summed E-state index contributed by atoms with van der Waals surface area (Å²) in [6.45, 7) is 9.78. The van der Waals surface area contributed by atoms with Gasteiger partial charge in [0.2, 0.25) is 0 Å². The highest BCUT2D eigenvalue weighted by molar-refractivity contribution is 7.98. The van der Waals surface area contributed by atoms with Crippen molar-refractivity contribution in [1.82, 2.24) is 4.90 Å². The van der Waals surface area contributed by atoms with Gasteiger partial charge in [0.05, 0.1) is 0 Å². The molecule has 0 amide bonds. The largest absolute Gasteiger partial charge is 0.329 e. The molecule has 0 rings (SSSR count). The van der Waals surface area contributed by atoms with E-state index in [9.17, 15) is 0 Å². The monoisotopic (exact) mass is 232 g/mol. The van der Waals surface area contributed by atoms with E-state index in [1.807, 2.05) is 11.8 Å². The minimum atomic E-state index is 0.121. The summed E-state index contributed by atoms with van der Waals surface area (Å²) in [5.74, 6) is 1.78. The van der Waals surface area contributed by atoms with Gasteiger partial charge < -0.3 is 5.73 Å². The Morgan fingerprint density at radius 3 is 2.20 bits per heavy atom. The van der Waals surface area contributed by atoms with Crippen LogP contribution in [0.25, 0.3) is 0 Å². The van der Waals surface area contributed by atoms with Crippen LogP contribution >= 0.6 is 11.8 Å². The van der Waals surface area contributed by atoms with Gasteiger partial charge >= 0.3 is 0 Å². The van der Waals surface area contributed by atoms with Gasteiger partial charge in [0, 0.05) is 23.9 Å². The molecule has 0 radical (unpaired) electrons. The van der Waals surface area contributed by atoms with Crippen LogP contribution in [0.1, 0.15) is 34.1 Å². The molecule has 0 fully saturated rings. The van der Waals surface area contributed by atoms with Crippen molar-refractivity contribution in [1.29, 1.82) is 0 Å². The van der Waals surface area contributed by atoms with E-state index in [4.69, 9.17) is 5.73 Å². The van der Waals surface area contributed by atoms with E-state index >= 15 is 0 Å². The summed E-state index contributed by atoms with van der Waals surface area (Å²) < 4.78 is 0. The zero-order valence-corrected chi connectivity index (χ0v) is 12.0. The molecule has 92 valence electrons. The molecule has 0 aromatic heterocycles. The van der Waals surface area contributed by atoms with Gasteiger partial charge in [0.1, 0.15) is 0 Å². The number of rotatable bonds is 7. The van der Waals surface area contributed by atoms with E-state index in [2.05, 4.69) is 45.9 Å². The van der Waals surface area contributed by atoms with Crippen LogP contribution in [-0.2, 0) is 0 Å². The van der Waals surface area contributed by atoms with Gasteiger partial charge in [0.15, 0.2) is 0 Å². The lowest BCUT2D eigenvalue weighted by Crippen LogP contribution is -2.57. The molecule has 0 aliphatic carbocycles. The van der Waals surface area contributed by atoms with Gasteiger partial charge in [-0.05, 0) is 32.6 Å². The van der Waals surface area contributed by atoms with Crippen LogP contribution in [0.3, 0.4) is 0 Å². The highest BCUT2D eigenvalue weighted by Gasteiger charge is 2.34. The Kier molecular flexibility index (Phi) is 6.89. The standard InChI is InChI=1S/C12H28N2S/c1-7-11(8-15-6)14(5)12(4,9-13)10(2)3/h10-11H,7-9,13H2,1-6H3. The number of hydrogen-bond donors (Lipinski definition) is 1. The van der Waals surface area contributed by atoms with Crippen molar-refractivity contribution in [2.24, 2.45) is 11.7 Å². The highest BCUT2D eigenvalue weighted by atomic mass is 32.2. The molecule has 0 aliphatic heterocycles. The first-order valence-corrected chi connectivity index (χ1v) is 7.25. The van der Waals surface area contributed by atoms with Gasteiger partial charge in [-0.2, -0.15) is 11.8 Å². The average Bonchev–Trinajstić information content (AvgIpc) is 2.23. The Morgan fingerprint density at radius 1 is 1.40 bits per heavy atom. The Hall–Kier alpha value is 0.270. The molecule has 15 heavy (non-hydrogen) atoms. The molecular weight excluding hydrogens is 204 g/mol. The second kappa shape index (κ2) is 6.77. The molecule has 0 heterocycles. The predicted octanol–water partition coefficient (Wildman–Crippen LogP) is 2.43. The van der Waals surface area contributed by atoms with Crippen LogP contribution in [0.2, 0.25) is 0 Å². The minimum absolute atomic E-state index is 0.121. The Morgan fingerprint density at radius 2 is 1.93 bits per heavy atom. The SMILES string of the molecule is CCC(CSC)N(C)C(C)(CN)C(C)C. The lowest BCUT2D eigenvalue weighted by atomic mass is 9.85.